The number of rotatable bonds is 7. The molecule has 1 amide bonds. The molecule has 1 saturated heterocycles. The highest BCUT2D eigenvalue weighted by atomic mass is 127. The van der Waals surface area contributed by atoms with Gasteiger partial charge in [-0.25, -0.2) is 0 Å². The van der Waals surface area contributed by atoms with E-state index in [0.717, 1.165) is 28.6 Å². The molecule has 0 saturated carbocycles. The van der Waals surface area contributed by atoms with Gasteiger partial charge in [0, 0.05) is 16.7 Å². The molecule has 0 aromatic heterocycles. The number of benzene rings is 2. The van der Waals surface area contributed by atoms with Gasteiger partial charge in [-0.2, -0.15) is 0 Å². The van der Waals surface area contributed by atoms with Crippen LogP contribution < -0.4 is 14.8 Å². The number of hydrogen-bond acceptors (Lipinski definition) is 4. The first-order valence-corrected chi connectivity index (χ1v) is 9.69. The van der Waals surface area contributed by atoms with Gasteiger partial charge in [0.05, 0.1) is 18.8 Å². The van der Waals surface area contributed by atoms with Crippen LogP contribution in [0.3, 0.4) is 0 Å². The molecule has 6 heteroatoms. The molecule has 138 valence electrons. The van der Waals surface area contributed by atoms with Gasteiger partial charge in [0.25, 0.3) is 5.91 Å². The third kappa shape index (κ3) is 4.88. The maximum Gasteiger partial charge on any atom is 0.252 e. The number of carbonyl (C=O) groups excluding carboxylic acids is 1. The molecular weight excluding hydrogens is 445 g/mol. The Balaban J connectivity index is 1.59. The van der Waals surface area contributed by atoms with Crippen LogP contribution in [0.25, 0.3) is 0 Å². The Hall–Kier alpha value is -1.80. The van der Waals surface area contributed by atoms with Crippen molar-refractivity contribution in [2.45, 2.75) is 25.5 Å². The lowest BCUT2D eigenvalue weighted by molar-refractivity contribution is 0.0669. The maximum absolute atomic E-state index is 12.3. The Labute approximate surface area is 167 Å². The second-order valence-corrected chi connectivity index (χ2v) is 7.26. The van der Waals surface area contributed by atoms with E-state index in [9.17, 15) is 4.79 Å². The monoisotopic (exact) mass is 467 g/mol. The van der Waals surface area contributed by atoms with Crippen LogP contribution in [0.15, 0.2) is 42.5 Å². The molecule has 1 aliphatic rings. The normalized spacial score (nSPS) is 16.3. The van der Waals surface area contributed by atoms with E-state index in [1.54, 1.807) is 7.11 Å². The van der Waals surface area contributed by atoms with E-state index in [-0.39, 0.29) is 12.0 Å². The van der Waals surface area contributed by atoms with Crippen LogP contribution in [0, 0.1) is 3.57 Å². The van der Waals surface area contributed by atoms with Crippen LogP contribution >= 0.6 is 22.6 Å². The average Bonchev–Trinajstić information content (AvgIpc) is 3.18. The molecule has 0 radical (unpaired) electrons. The van der Waals surface area contributed by atoms with Gasteiger partial charge in [-0.15, -0.1) is 0 Å². The predicted octanol–water partition coefficient (Wildman–Crippen LogP) is 3.79. The minimum Gasteiger partial charge on any atom is -0.493 e. The van der Waals surface area contributed by atoms with E-state index in [2.05, 4.69) is 27.9 Å². The Morgan fingerprint density at radius 1 is 1.27 bits per heavy atom. The zero-order valence-electron chi connectivity index (χ0n) is 14.7. The summed E-state index contributed by atoms with van der Waals surface area (Å²) in [7, 11) is 1.61. The minimum absolute atomic E-state index is 0.0901. The number of halogens is 1. The summed E-state index contributed by atoms with van der Waals surface area (Å²) < 4.78 is 17.8. The first-order valence-electron chi connectivity index (χ1n) is 8.61. The summed E-state index contributed by atoms with van der Waals surface area (Å²) in [6.45, 7) is 1.76. The molecule has 1 aliphatic heterocycles. The summed E-state index contributed by atoms with van der Waals surface area (Å²) in [5, 5.41) is 2.94. The third-order valence-electron chi connectivity index (χ3n) is 4.25. The number of ether oxygens (including phenoxy) is 3. The van der Waals surface area contributed by atoms with E-state index < -0.39 is 0 Å². The third-order valence-corrected chi connectivity index (χ3v) is 5.19. The molecule has 1 fully saturated rings. The SMILES string of the molecule is COc1cc(CNC(=O)c2ccccc2I)ccc1OCC1CCCO1. The Kier molecular flexibility index (Phi) is 6.73. The highest BCUT2D eigenvalue weighted by Gasteiger charge is 2.17. The van der Waals surface area contributed by atoms with Crippen molar-refractivity contribution in [3.8, 4) is 11.5 Å². The quantitative estimate of drug-likeness (QED) is 0.630. The van der Waals surface area contributed by atoms with Gasteiger partial charge in [0.1, 0.15) is 6.61 Å². The number of carbonyl (C=O) groups is 1. The van der Waals surface area contributed by atoms with Crippen LogP contribution in [0.1, 0.15) is 28.8 Å². The summed E-state index contributed by atoms with van der Waals surface area (Å²) in [5.41, 5.74) is 1.63. The maximum atomic E-state index is 12.3. The number of hydrogen-bond donors (Lipinski definition) is 1. The highest BCUT2D eigenvalue weighted by molar-refractivity contribution is 14.1. The number of nitrogens with one attached hydrogen (secondary N) is 1. The van der Waals surface area contributed by atoms with Gasteiger partial charge in [0.2, 0.25) is 0 Å². The lowest BCUT2D eigenvalue weighted by Gasteiger charge is -2.15. The molecule has 1 atom stereocenters. The molecule has 0 aliphatic carbocycles. The molecule has 1 N–H and O–H groups in total. The molecule has 1 unspecified atom stereocenters. The molecular formula is C20H22INO4. The fourth-order valence-corrected chi connectivity index (χ4v) is 3.45. The van der Waals surface area contributed by atoms with Crippen molar-refractivity contribution in [3.63, 3.8) is 0 Å². The number of methoxy groups -OCH3 is 1. The summed E-state index contributed by atoms with van der Waals surface area (Å²) >= 11 is 2.16. The van der Waals surface area contributed by atoms with E-state index in [1.807, 2.05) is 42.5 Å². The second kappa shape index (κ2) is 9.23. The van der Waals surface area contributed by atoms with Gasteiger partial charge in [-0.1, -0.05) is 18.2 Å². The Morgan fingerprint density at radius 3 is 2.85 bits per heavy atom. The number of amides is 1. The van der Waals surface area contributed by atoms with Crippen LogP contribution in [-0.2, 0) is 11.3 Å². The van der Waals surface area contributed by atoms with E-state index in [1.165, 1.54) is 0 Å². The van der Waals surface area contributed by atoms with Crippen molar-refractivity contribution in [3.05, 3.63) is 57.2 Å². The van der Waals surface area contributed by atoms with E-state index in [0.29, 0.717) is 30.2 Å². The lowest BCUT2D eigenvalue weighted by Crippen LogP contribution is -2.23. The molecule has 5 nitrogen and oxygen atoms in total. The van der Waals surface area contributed by atoms with Crippen LogP contribution in [0.5, 0.6) is 11.5 Å². The van der Waals surface area contributed by atoms with Crippen molar-refractivity contribution in [1.29, 1.82) is 0 Å². The van der Waals surface area contributed by atoms with Crippen molar-refractivity contribution in [2.24, 2.45) is 0 Å². The second-order valence-electron chi connectivity index (χ2n) is 6.09. The molecule has 2 aromatic carbocycles. The molecule has 1 heterocycles. The topological polar surface area (TPSA) is 56.8 Å². The summed E-state index contributed by atoms with van der Waals surface area (Å²) in [6, 6.07) is 13.2. The molecule has 0 spiro atoms. The first kappa shape index (κ1) is 19.0. The Bertz CT molecular complexity index is 759. The van der Waals surface area contributed by atoms with Crippen molar-refractivity contribution in [2.75, 3.05) is 20.3 Å². The fourth-order valence-electron chi connectivity index (χ4n) is 2.82. The summed E-state index contributed by atoms with van der Waals surface area (Å²) in [5.74, 6) is 1.26. The standard InChI is InChI=1S/C20H22INO4/c1-24-19-11-14(8-9-18(19)26-13-15-5-4-10-25-15)12-22-20(23)16-6-2-3-7-17(16)21/h2-3,6-9,11,15H,4-5,10,12-13H2,1H3,(H,22,23). The van der Waals surface area contributed by atoms with Crippen LogP contribution in [-0.4, -0.2) is 32.3 Å². The van der Waals surface area contributed by atoms with Crippen LogP contribution in [0.4, 0.5) is 0 Å². The molecule has 26 heavy (non-hydrogen) atoms. The van der Waals surface area contributed by atoms with Crippen molar-refractivity contribution >= 4 is 28.5 Å². The largest absolute Gasteiger partial charge is 0.493 e. The predicted molar refractivity (Wildman–Crippen MR) is 108 cm³/mol. The van der Waals surface area contributed by atoms with E-state index >= 15 is 0 Å². The Morgan fingerprint density at radius 2 is 2.12 bits per heavy atom. The van der Waals surface area contributed by atoms with E-state index in [4.69, 9.17) is 14.2 Å². The van der Waals surface area contributed by atoms with Gasteiger partial charge in [-0.05, 0) is 65.3 Å². The lowest BCUT2D eigenvalue weighted by atomic mass is 10.1. The zero-order valence-corrected chi connectivity index (χ0v) is 16.8. The fraction of sp³-hybridized carbons (Fsp3) is 0.350. The first-order chi connectivity index (χ1) is 12.7. The molecule has 0 bridgehead atoms. The zero-order chi connectivity index (χ0) is 18.4. The summed E-state index contributed by atoms with van der Waals surface area (Å²) in [4.78, 5) is 12.3. The highest BCUT2D eigenvalue weighted by Crippen LogP contribution is 2.29. The molecule has 3 rings (SSSR count). The average molecular weight is 467 g/mol. The van der Waals surface area contributed by atoms with Gasteiger partial charge in [-0.3, -0.25) is 4.79 Å². The summed E-state index contributed by atoms with van der Waals surface area (Å²) in [6.07, 6.45) is 2.28. The molecule has 2 aromatic rings. The smallest absolute Gasteiger partial charge is 0.252 e. The minimum atomic E-state index is -0.0901. The van der Waals surface area contributed by atoms with Crippen LogP contribution in [0.2, 0.25) is 0 Å². The van der Waals surface area contributed by atoms with Gasteiger partial charge < -0.3 is 19.5 Å². The van der Waals surface area contributed by atoms with Crippen molar-refractivity contribution in [1.82, 2.24) is 5.32 Å². The van der Waals surface area contributed by atoms with Crippen molar-refractivity contribution < 1.29 is 19.0 Å². The van der Waals surface area contributed by atoms with Gasteiger partial charge in [0.15, 0.2) is 11.5 Å². The van der Waals surface area contributed by atoms with Gasteiger partial charge >= 0.3 is 0 Å².